The number of amides is 1. The molecule has 0 saturated carbocycles. The number of pyridine rings is 1. The largest absolute Gasteiger partial charge is 0.479 e. The number of benzene rings is 1. The maximum atomic E-state index is 12.6. The number of nitrogens with zero attached hydrogens (tertiary/aromatic N) is 2. The van der Waals surface area contributed by atoms with E-state index in [4.69, 9.17) is 9.84 Å². The summed E-state index contributed by atoms with van der Waals surface area (Å²) < 4.78 is 5.14. The number of fused-ring (bicyclic) bond motifs is 1. The lowest BCUT2D eigenvalue weighted by Crippen LogP contribution is -2.48. The number of hydrogen-bond acceptors (Lipinski definition) is 4. The van der Waals surface area contributed by atoms with Crippen LogP contribution in [-0.2, 0) is 9.53 Å². The summed E-state index contributed by atoms with van der Waals surface area (Å²) >= 11 is 0. The SMILES string of the molecule is O=C(O)C1CN(C(=O)c2ccnc3ccccc23)CCO1. The lowest BCUT2D eigenvalue weighted by Gasteiger charge is -2.31. The van der Waals surface area contributed by atoms with E-state index in [1.54, 1.807) is 12.3 Å². The Hall–Kier alpha value is -2.47. The summed E-state index contributed by atoms with van der Waals surface area (Å²) in [5, 5.41) is 9.77. The first-order valence-corrected chi connectivity index (χ1v) is 6.64. The van der Waals surface area contributed by atoms with Crippen LogP contribution in [0, 0.1) is 0 Å². The molecular weight excluding hydrogens is 272 g/mol. The minimum atomic E-state index is -1.05. The molecule has 1 N–H and O–H groups in total. The molecule has 6 heteroatoms. The topological polar surface area (TPSA) is 79.7 Å². The number of aliphatic carboxylic acids is 1. The van der Waals surface area contributed by atoms with E-state index in [9.17, 15) is 9.59 Å². The molecule has 6 nitrogen and oxygen atoms in total. The lowest BCUT2D eigenvalue weighted by molar-refractivity contribution is -0.154. The monoisotopic (exact) mass is 286 g/mol. The van der Waals surface area contributed by atoms with Crippen molar-refractivity contribution in [1.82, 2.24) is 9.88 Å². The number of morpholine rings is 1. The van der Waals surface area contributed by atoms with Crippen molar-refractivity contribution < 1.29 is 19.4 Å². The van der Waals surface area contributed by atoms with Gasteiger partial charge in [0.05, 0.1) is 24.2 Å². The van der Waals surface area contributed by atoms with Crippen molar-refractivity contribution >= 4 is 22.8 Å². The van der Waals surface area contributed by atoms with Crippen molar-refractivity contribution in [1.29, 1.82) is 0 Å². The predicted molar refractivity (Wildman–Crippen MR) is 75.0 cm³/mol. The average molecular weight is 286 g/mol. The Morgan fingerprint density at radius 2 is 2.10 bits per heavy atom. The van der Waals surface area contributed by atoms with Crippen molar-refractivity contribution in [2.75, 3.05) is 19.7 Å². The number of para-hydroxylation sites is 1. The first kappa shape index (κ1) is 13.5. The van der Waals surface area contributed by atoms with Gasteiger partial charge in [0.15, 0.2) is 6.10 Å². The Morgan fingerprint density at radius 3 is 2.90 bits per heavy atom. The van der Waals surface area contributed by atoms with Gasteiger partial charge in [0, 0.05) is 18.1 Å². The first-order valence-electron chi connectivity index (χ1n) is 6.64. The van der Waals surface area contributed by atoms with Crippen LogP contribution in [0.5, 0.6) is 0 Å². The Morgan fingerprint density at radius 1 is 1.29 bits per heavy atom. The van der Waals surface area contributed by atoms with Crippen molar-refractivity contribution in [3.63, 3.8) is 0 Å². The molecule has 2 aromatic rings. The van der Waals surface area contributed by atoms with Gasteiger partial charge in [-0.1, -0.05) is 18.2 Å². The summed E-state index contributed by atoms with van der Waals surface area (Å²) in [5.74, 6) is -1.24. The molecule has 1 aromatic heterocycles. The molecule has 0 aliphatic carbocycles. The van der Waals surface area contributed by atoms with Crippen LogP contribution in [0.25, 0.3) is 10.9 Å². The normalized spacial score (nSPS) is 18.7. The van der Waals surface area contributed by atoms with Gasteiger partial charge in [-0.05, 0) is 12.1 Å². The van der Waals surface area contributed by atoms with Gasteiger partial charge in [-0.2, -0.15) is 0 Å². The zero-order valence-corrected chi connectivity index (χ0v) is 11.2. The van der Waals surface area contributed by atoms with Gasteiger partial charge < -0.3 is 14.7 Å². The third kappa shape index (κ3) is 2.57. The van der Waals surface area contributed by atoms with Gasteiger partial charge in [-0.25, -0.2) is 4.79 Å². The summed E-state index contributed by atoms with van der Waals surface area (Å²) in [7, 11) is 0. The second-order valence-corrected chi connectivity index (χ2v) is 4.82. The number of rotatable bonds is 2. The van der Waals surface area contributed by atoms with Crippen molar-refractivity contribution in [2.45, 2.75) is 6.10 Å². The van der Waals surface area contributed by atoms with Crippen LogP contribution in [0.15, 0.2) is 36.5 Å². The van der Waals surface area contributed by atoms with Gasteiger partial charge in [0.1, 0.15) is 0 Å². The standard InChI is InChI=1S/C15H14N2O4/c18-14(17-7-8-21-13(9-17)15(19)20)11-5-6-16-12-4-2-1-3-10(11)12/h1-6,13H,7-9H2,(H,19,20). The van der Waals surface area contributed by atoms with Gasteiger partial charge in [0.25, 0.3) is 5.91 Å². The van der Waals surface area contributed by atoms with Crippen LogP contribution in [-0.4, -0.2) is 52.7 Å². The second kappa shape index (κ2) is 5.49. The average Bonchev–Trinajstić information content (AvgIpc) is 2.53. The number of aromatic nitrogens is 1. The van der Waals surface area contributed by atoms with Crippen LogP contribution in [0.1, 0.15) is 10.4 Å². The van der Waals surface area contributed by atoms with E-state index < -0.39 is 12.1 Å². The maximum Gasteiger partial charge on any atom is 0.334 e. The first-order chi connectivity index (χ1) is 10.2. The Labute approximate surface area is 121 Å². The zero-order valence-electron chi connectivity index (χ0n) is 11.2. The van der Waals surface area contributed by atoms with Gasteiger partial charge in [-0.3, -0.25) is 9.78 Å². The fourth-order valence-corrected chi connectivity index (χ4v) is 2.44. The molecule has 3 rings (SSSR count). The fourth-order valence-electron chi connectivity index (χ4n) is 2.44. The van der Waals surface area contributed by atoms with Crippen LogP contribution < -0.4 is 0 Å². The molecule has 0 bridgehead atoms. The highest BCUT2D eigenvalue weighted by Crippen LogP contribution is 2.19. The van der Waals surface area contributed by atoms with E-state index in [1.807, 2.05) is 24.3 Å². The minimum absolute atomic E-state index is 0.0603. The third-order valence-electron chi connectivity index (χ3n) is 3.51. The fraction of sp³-hybridized carbons (Fsp3) is 0.267. The molecule has 1 aliphatic heterocycles. The highest BCUT2D eigenvalue weighted by Gasteiger charge is 2.30. The van der Waals surface area contributed by atoms with E-state index in [0.717, 1.165) is 10.9 Å². The Kier molecular flexibility index (Phi) is 3.53. The number of hydrogen-bond donors (Lipinski definition) is 1. The molecule has 1 aromatic carbocycles. The highest BCUT2D eigenvalue weighted by atomic mass is 16.5. The molecule has 1 atom stereocenters. The number of carbonyl (C=O) groups is 2. The van der Waals surface area contributed by atoms with Crippen molar-refractivity contribution in [3.05, 3.63) is 42.1 Å². The molecule has 1 saturated heterocycles. The molecule has 1 aliphatic rings. The number of carbonyl (C=O) groups excluding carboxylic acids is 1. The summed E-state index contributed by atoms with van der Waals surface area (Å²) in [5.41, 5.74) is 1.28. The molecule has 21 heavy (non-hydrogen) atoms. The smallest absolute Gasteiger partial charge is 0.334 e. The Bertz CT molecular complexity index is 696. The number of carboxylic acids is 1. The van der Waals surface area contributed by atoms with Crippen molar-refractivity contribution in [3.8, 4) is 0 Å². The molecule has 1 amide bonds. The van der Waals surface area contributed by atoms with Gasteiger partial charge in [-0.15, -0.1) is 0 Å². The molecule has 1 unspecified atom stereocenters. The van der Waals surface area contributed by atoms with E-state index >= 15 is 0 Å². The molecule has 0 radical (unpaired) electrons. The quantitative estimate of drug-likeness (QED) is 0.896. The van der Waals surface area contributed by atoms with E-state index in [0.29, 0.717) is 12.1 Å². The zero-order chi connectivity index (χ0) is 14.8. The van der Waals surface area contributed by atoms with Crippen LogP contribution in [0.4, 0.5) is 0 Å². The second-order valence-electron chi connectivity index (χ2n) is 4.82. The molecule has 1 fully saturated rings. The molecule has 2 heterocycles. The van der Waals surface area contributed by atoms with Crippen LogP contribution in [0.3, 0.4) is 0 Å². The minimum Gasteiger partial charge on any atom is -0.479 e. The van der Waals surface area contributed by atoms with Gasteiger partial charge >= 0.3 is 5.97 Å². The summed E-state index contributed by atoms with van der Waals surface area (Å²) in [6.45, 7) is 0.676. The maximum absolute atomic E-state index is 12.6. The summed E-state index contributed by atoms with van der Waals surface area (Å²) in [4.78, 5) is 29.4. The highest BCUT2D eigenvalue weighted by molar-refractivity contribution is 6.06. The van der Waals surface area contributed by atoms with Crippen LogP contribution >= 0.6 is 0 Å². The van der Waals surface area contributed by atoms with E-state index in [-0.39, 0.29) is 19.1 Å². The van der Waals surface area contributed by atoms with E-state index in [2.05, 4.69) is 4.98 Å². The molecule has 108 valence electrons. The number of ether oxygens (including phenoxy) is 1. The lowest BCUT2D eigenvalue weighted by atomic mass is 10.1. The number of carboxylic acid groups (broad SMARTS) is 1. The van der Waals surface area contributed by atoms with E-state index in [1.165, 1.54) is 4.90 Å². The predicted octanol–water partition coefficient (Wildman–Crippen LogP) is 1.16. The molecular formula is C15H14N2O4. The molecule has 0 spiro atoms. The van der Waals surface area contributed by atoms with Crippen molar-refractivity contribution in [2.24, 2.45) is 0 Å². The van der Waals surface area contributed by atoms with Crippen LogP contribution in [0.2, 0.25) is 0 Å². The Balaban J connectivity index is 1.92. The van der Waals surface area contributed by atoms with Gasteiger partial charge in [0.2, 0.25) is 0 Å². The summed E-state index contributed by atoms with van der Waals surface area (Å²) in [6, 6.07) is 9.05. The third-order valence-corrected chi connectivity index (χ3v) is 3.51. The summed E-state index contributed by atoms with van der Waals surface area (Å²) in [6.07, 6.45) is 0.626.